The minimum Gasteiger partial charge on any atom is -0.373 e. The number of benzene rings is 3. The van der Waals surface area contributed by atoms with E-state index in [0.29, 0.717) is 5.69 Å². The molecule has 0 heterocycles. The first-order valence-electron chi connectivity index (χ1n) is 10.7. The summed E-state index contributed by atoms with van der Waals surface area (Å²) in [4.78, 5) is 30.2. The molecule has 0 unspecified atom stereocenters. The van der Waals surface area contributed by atoms with E-state index in [1.54, 1.807) is 66.1 Å². The number of anilines is 1. The molecule has 37 heavy (non-hydrogen) atoms. The van der Waals surface area contributed by atoms with Crippen molar-refractivity contribution < 1.29 is 45.5 Å². The van der Waals surface area contributed by atoms with Crippen molar-refractivity contribution in [3.05, 3.63) is 101 Å². The van der Waals surface area contributed by atoms with Crippen molar-refractivity contribution in [3.63, 3.8) is 0 Å². The lowest BCUT2D eigenvalue weighted by Gasteiger charge is -2.18. The van der Waals surface area contributed by atoms with Crippen molar-refractivity contribution in [2.75, 3.05) is 11.9 Å². The topological polar surface area (TPSA) is 76.7 Å². The molecule has 0 bridgehead atoms. The molecular formula is C25H20F6N2O4. The maximum atomic E-state index is 13.1. The Labute approximate surface area is 207 Å². The van der Waals surface area contributed by atoms with E-state index in [1.165, 1.54) is 0 Å². The zero-order chi connectivity index (χ0) is 27.1. The van der Waals surface area contributed by atoms with Gasteiger partial charge in [-0.15, -0.1) is 0 Å². The lowest BCUT2D eigenvalue weighted by molar-refractivity contribution is -0.143. The predicted octanol–water partition coefficient (Wildman–Crippen LogP) is 5.61. The summed E-state index contributed by atoms with van der Waals surface area (Å²) in [5, 5.41) is 2.52. The lowest BCUT2D eigenvalue weighted by atomic mass is 10.0. The van der Waals surface area contributed by atoms with Gasteiger partial charge in [-0.3, -0.25) is 14.4 Å². The molecule has 3 rings (SSSR count). The third-order valence-electron chi connectivity index (χ3n) is 4.86. The fraction of sp³-hybridized carbons (Fsp3) is 0.200. The third-order valence-corrected chi connectivity index (χ3v) is 4.86. The monoisotopic (exact) mass is 526 g/mol. The number of hydrogen-bond acceptors (Lipinski definition) is 4. The quantitative estimate of drug-likeness (QED) is 0.281. The number of rotatable bonds is 9. The zero-order valence-corrected chi connectivity index (χ0v) is 18.9. The van der Waals surface area contributed by atoms with Gasteiger partial charge in [-0.25, -0.2) is 5.48 Å². The number of hydrogen-bond donors (Lipinski definition) is 2. The molecular weight excluding hydrogens is 506 g/mol. The van der Waals surface area contributed by atoms with Gasteiger partial charge < -0.3 is 10.1 Å². The van der Waals surface area contributed by atoms with E-state index in [4.69, 9.17) is 9.57 Å². The van der Waals surface area contributed by atoms with Crippen LogP contribution in [-0.4, -0.2) is 24.5 Å². The SMILES string of the molecule is O=C(NO[C@H](COCc1ccccc1)C(=O)Nc1ccccc1)c1cc(C(F)(F)F)cc(C(F)(F)F)c1. The fourth-order valence-corrected chi connectivity index (χ4v) is 3.04. The number of hydroxylamine groups is 1. The van der Waals surface area contributed by atoms with Gasteiger partial charge >= 0.3 is 12.4 Å². The molecule has 2 N–H and O–H groups in total. The zero-order valence-electron chi connectivity index (χ0n) is 18.9. The normalized spacial score (nSPS) is 12.6. The van der Waals surface area contributed by atoms with E-state index in [-0.39, 0.29) is 24.8 Å². The Morgan fingerprint density at radius 1 is 0.784 bits per heavy atom. The minimum atomic E-state index is -5.14. The Kier molecular flexibility index (Phi) is 8.90. The van der Waals surface area contributed by atoms with Crippen LogP contribution in [0.3, 0.4) is 0 Å². The van der Waals surface area contributed by atoms with Gasteiger partial charge in [-0.05, 0) is 35.9 Å². The number of alkyl halides is 6. The maximum Gasteiger partial charge on any atom is 0.416 e. The average Bonchev–Trinajstić information content (AvgIpc) is 2.85. The van der Waals surface area contributed by atoms with Crippen LogP contribution in [0, 0.1) is 0 Å². The second-order valence-electron chi connectivity index (χ2n) is 7.69. The molecule has 0 radical (unpaired) electrons. The van der Waals surface area contributed by atoms with E-state index in [1.807, 2.05) is 0 Å². The molecule has 0 spiro atoms. The van der Waals surface area contributed by atoms with Gasteiger partial charge in [0.05, 0.1) is 24.3 Å². The van der Waals surface area contributed by atoms with Crippen molar-refractivity contribution in [1.29, 1.82) is 0 Å². The van der Waals surface area contributed by atoms with Crippen molar-refractivity contribution in [2.45, 2.75) is 25.1 Å². The first kappa shape index (κ1) is 27.7. The highest BCUT2D eigenvalue weighted by atomic mass is 19.4. The van der Waals surface area contributed by atoms with Crippen LogP contribution in [0.5, 0.6) is 0 Å². The first-order chi connectivity index (χ1) is 17.4. The van der Waals surface area contributed by atoms with Crippen LogP contribution in [0.15, 0.2) is 78.9 Å². The average molecular weight is 526 g/mol. The summed E-state index contributed by atoms with van der Waals surface area (Å²) >= 11 is 0. The van der Waals surface area contributed by atoms with Crippen LogP contribution in [0.4, 0.5) is 32.0 Å². The molecule has 2 amide bonds. The first-order valence-corrected chi connectivity index (χ1v) is 10.7. The van der Waals surface area contributed by atoms with Crippen molar-refractivity contribution in [2.24, 2.45) is 0 Å². The lowest BCUT2D eigenvalue weighted by Crippen LogP contribution is -2.40. The van der Waals surface area contributed by atoms with E-state index >= 15 is 0 Å². The minimum absolute atomic E-state index is 0.0653. The molecule has 0 aliphatic carbocycles. The summed E-state index contributed by atoms with van der Waals surface area (Å²) < 4.78 is 84.1. The highest BCUT2D eigenvalue weighted by Gasteiger charge is 2.37. The highest BCUT2D eigenvalue weighted by molar-refractivity contribution is 5.96. The summed E-state index contributed by atoms with van der Waals surface area (Å²) in [6, 6.07) is 17.4. The van der Waals surface area contributed by atoms with Crippen LogP contribution in [0.2, 0.25) is 0 Å². The number of para-hydroxylation sites is 1. The molecule has 196 valence electrons. The molecule has 0 fully saturated rings. The molecule has 0 saturated heterocycles. The summed E-state index contributed by atoms with van der Waals surface area (Å²) in [6.45, 7) is -0.333. The fourth-order valence-electron chi connectivity index (χ4n) is 3.04. The molecule has 3 aromatic rings. The molecule has 12 heteroatoms. The second-order valence-corrected chi connectivity index (χ2v) is 7.69. The smallest absolute Gasteiger partial charge is 0.373 e. The summed E-state index contributed by atoms with van der Waals surface area (Å²) in [5.41, 5.74) is -1.41. The van der Waals surface area contributed by atoms with Crippen LogP contribution in [-0.2, 0) is 33.3 Å². The van der Waals surface area contributed by atoms with Gasteiger partial charge in [0.25, 0.3) is 11.8 Å². The van der Waals surface area contributed by atoms with Crippen LogP contribution in [0.1, 0.15) is 27.0 Å². The van der Waals surface area contributed by atoms with Gasteiger partial charge in [-0.1, -0.05) is 48.5 Å². The molecule has 0 aliphatic heterocycles. The summed E-state index contributed by atoms with van der Waals surface area (Å²) in [5.74, 6) is -2.20. The number of amides is 2. The van der Waals surface area contributed by atoms with Gasteiger partial charge in [0.15, 0.2) is 6.10 Å². The largest absolute Gasteiger partial charge is 0.416 e. The Morgan fingerprint density at radius 3 is 1.86 bits per heavy atom. The third kappa shape index (κ3) is 8.33. The molecule has 0 aromatic heterocycles. The molecule has 3 aromatic carbocycles. The van der Waals surface area contributed by atoms with Crippen LogP contribution < -0.4 is 10.8 Å². The van der Waals surface area contributed by atoms with Gasteiger partial charge in [0.2, 0.25) is 0 Å². The van der Waals surface area contributed by atoms with Crippen molar-refractivity contribution in [3.8, 4) is 0 Å². The van der Waals surface area contributed by atoms with E-state index in [9.17, 15) is 35.9 Å². The second kappa shape index (κ2) is 11.9. The molecule has 1 atom stereocenters. The van der Waals surface area contributed by atoms with Gasteiger partial charge in [-0.2, -0.15) is 26.3 Å². The predicted molar refractivity (Wildman–Crippen MR) is 120 cm³/mol. The summed E-state index contributed by atoms with van der Waals surface area (Å²) in [7, 11) is 0. The molecule has 0 saturated carbocycles. The number of ether oxygens (including phenoxy) is 1. The van der Waals surface area contributed by atoms with Crippen LogP contribution in [0.25, 0.3) is 0 Å². The summed E-state index contributed by atoms with van der Waals surface area (Å²) in [6.07, 6.45) is -11.8. The Hall–Kier alpha value is -3.90. The maximum absolute atomic E-state index is 13.1. The Morgan fingerprint density at radius 2 is 1.32 bits per heavy atom. The standard InChI is InChI=1S/C25H20F6N2O4/c26-24(27,28)18-11-17(12-19(13-18)25(29,30)31)22(34)33-37-21(15-36-14-16-7-3-1-4-8-16)23(35)32-20-9-5-2-6-10-20/h1-13,21H,14-15H2,(H,32,35)(H,33,34)/t21-/m1/s1. The number of carbonyl (C=O) groups is 2. The molecule has 0 aliphatic rings. The van der Waals surface area contributed by atoms with Gasteiger partial charge in [0.1, 0.15) is 0 Å². The van der Waals surface area contributed by atoms with Crippen molar-refractivity contribution >= 4 is 17.5 Å². The highest BCUT2D eigenvalue weighted by Crippen LogP contribution is 2.36. The van der Waals surface area contributed by atoms with E-state index < -0.39 is 53.6 Å². The van der Waals surface area contributed by atoms with E-state index in [0.717, 1.165) is 5.56 Å². The number of nitrogens with one attached hydrogen (secondary N) is 2. The number of halogens is 6. The van der Waals surface area contributed by atoms with E-state index in [2.05, 4.69) is 5.32 Å². The molecule has 6 nitrogen and oxygen atoms in total. The van der Waals surface area contributed by atoms with Crippen LogP contribution >= 0.6 is 0 Å². The Balaban J connectivity index is 1.75. The van der Waals surface area contributed by atoms with Gasteiger partial charge in [0, 0.05) is 11.3 Å². The van der Waals surface area contributed by atoms with Crippen molar-refractivity contribution in [1.82, 2.24) is 5.48 Å². The Bertz CT molecular complexity index is 1170. The number of carbonyl (C=O) groups excluding carboxylic acids is 2.